The fraction of sp³-hybridized carbons (Fsp3) is 0.364. The molecule has 1 aliphatic rings. The summed E-state index contributed by atoms with van der Waals surface area (Å²) in [5.74, 6) is -1.98. The van der Waals surface area contributed by atoms with Crippen LogP contribution in [0, 0.1) is 12.7 Å². The van der Waals surface area contributed by atoms with Crippen LogP contribution in [0.3, 0.4) is 0 Å². The van der Waals surface area contributed by atoms with Crippen molar-refractivity contribution >= 4 is 17.5 Å². The molecule has 1 heterocycles. The molecule has 0 spiro atoms. The number of benzene rings is 2. The molecule has 4 N–H and O–H groups in total. The van der Waals surface area contributed by atoms with E-state index >= 15 is 0 Å². The van der Waals surface area contributed by atoms with Gasteiger partial charge in [-0.2, -0.15) is 0 Å². The van der Waals surface area contributed by atoms with E-state index in [0.29, 0.717) is 6.54 Å². The third kappa shape index (κ3) is 5.85. The number of hydrogen-bond donors (Lipinski definition) is 4. The Bertz CT molecular complexity index is 848. The molecule has 2 aromatic rings. The van der Waals surface area contributed by atoms with Gasteiger partial charge in [-0.05, 0) is 25.1 Å². The fourth-order valence-electron chi connectivity index (χ4n) is 3.67. The van der Waals surface area contributed by atoms with Gasteiger partial charge in [0.1, 0.15) is 38.0 Å². The zero-order valence-electron chi connectivity index (χ0n) is 16.9. The van der Waals surface area contributed by atoms with Gasteiger partial charge in [0.2, 0.25) is 0 Å². The van der Waals surface area contributed by atoms with Gasteiger partial charge in [0.15, 0.2) is 0 Å². The summed E-state index contributed by atoms with van der Waals surface area (Å²) in [5.41, 5.74) is 2.59. The summed E-state index contributed by atoms with van der Waals surface area (Å²) in [6.45, 7) is 6.58. The molecule has 6 nitrogen and oxygen atoms in total. The summed E-state index contributed by atoms with van der Waals surface area (Å²) < 4.78 is 13.3. The highest BCUT2D eigenvalue weighted by Gasteiger charge is 2.30. The molecule has 2 aromatic carbocycles. The topological polar surface area (TPSA) is 67.1 Å². The number of quaternary nitrogens is 2. The van der Waals surface area contributed by atoms with Crippen LogP contribution < -0.4 is 20.4 Å². The molecule has 0 radical (unpaired) electrons. The molecular weight excluding hydrogens is 371 g/mol. The van der Waals surface area contributed by atoms with E-state index < -0.39 is 17.6 Å². The number of amides is 2. The SMILES string of the molecule is Cc1ccc([C@H](CNC(=O)C(=O)Nc2cccc(F)c2)[NH+]2CC[NH+](C)CC2)cc1. The number of anilines is 1. The number of carbonyl (C=O) groups is 2. The predicted molar refractivity (Wildman–Crippen MR) is 109 cm³/mol. The summed E-state index contributed by atoms with van der Waals surface area (Å²) in [5, 5.41) is 5.20. The number of rotatable bonds is 5. The van der Waals surface area contributed by atoms with Crippen molar-refractivity contribution < 1.29 is 23.8 Å². The van der Waals surface area contributed by atoms with Crippen molar-refractivity contribution in [2.24, 2.45) is 0 Å². The van der Waals surface area contributed by atoms with Crippen LogP contribution in [0.15, 0.2) is 48.5 Å². The second kappa shape index (κ2) is 9.62. The quantitative estimate of drug-likeness (QED) is 0.504. The molecule has 1 atom stereocenters. The maximum absolute atomic E-state index is 13.3. The van der Waals surface area contributed by atoms with Gasteiger partial charge in [-0.1, -0.05) is 35.9 Å². The summed E-state index contributed by atoms with van der Waals surface area (Å²) in [7, 11) is 2.19. The van der Waals surface area contributed by atoms with E-state index in [-0.39, 0.29) is 11.7 Å². The van der Waals surface area contributed by atoms with Gasteiger partial charge in [-0.25, -0.2) is 4.39 Å². The van der Waals surface area contributed by atoms with Crippen molar-refractivity contribution in [3.8, 4) is 0 Å². The third-order valence-electron chi connectivity index (χ3n) is 5.47. The molecule has 0 bridgehead atoms. The van der Waals surface area contributed by atoms with Crippen LogP contribution >= 0.6 is 0 Å². The van der Waals surface area contributed by atoms with E-state index in [0.717, 1.165) is 31.7 Å². The third-order valence-corrected chi connectivity index (χ3v) is 5.47. The van der Waals surface area contributed by atoms with Gasteiger partial charge in [-0.3, -0.25) is 9.59 Å². The Hall–Kier alpha value is -2.77. The minimum Gasteiger partial charge on any atom is -0.341 e. The van der Waals surface area contributed by atoms with E-state index in [2.05, 4.69) is 41.9 Å². The minimum absolute atomic E-state index is 0.0784. The maximum atomic E-state index is 13.3. The number of piperazine rings is 1. The smallest absolute Gasteiger partial charge is 0.313 e. The van der Waals surface area contributed by atoms with Crippen molar-refractivity contribution in [2.75, 3.05) is 45.1 Å². The van der Waals surface area contributed by atoms with Crippen molar-refractivity contribution in [2.45, 2.75) is 13.0 Å². The summed E-state index contributed by atoms with van der Waals surface area (Å²) >= 11 is 0. The molecule has 7 heteroatoms. The number of halogens is 1. The highest BCUT2D eigenvalue weighted by atomic mass is 19.1. The van der Waals surface area contributed by atoms with Crippen LogP contribution in [-0.4, -0.2) is 51.6 Å². The Morgan fingerprint density at radius 3 is 2.38 bits per heavy atom. The van der Waals surface area contributed by atoms with Crippen LogP contribution in [0.5, 0.6) is 0 Å². The number of aryl methyl sites for hydroxylation is 1. The number of likely N-dealkylation sites (N-methyl/N-ethyl adjacent to an activating group) is 1. The first kappa shape index (κ1) is 21.0. The summed E-state index contributed by atoms with van der Waals surface area (Å²) in [6.07, 6.45) is 0. The standard InChI is InChI=1S/C22H27FN4O2/c1-16-6-8-17(9-7-16)20(27-12-10-26(2)11-13-27)15-24-21(28)22(29)25-19-5-3-4-18(23)14-19/h3-9,14,20H,10-13,15H2,1-2H3,(H,24,28)(H,25,29)/p+2/t20-/m0/s1. The largest absolute Gasteiger partial charge is 0.341 e. The Labute approximate surface area is 170 Å². The van der Waals surface area contributed by atoms with Gasteiger partial charge < -0.3 is 20.4 Å². The Morgan fingerprint density at radius 2 is 1.72 bits per heavy atom. The lowest BCUT2D eigenvalue weighted by Crippen LogP contribution is -3.27. The molecule has 0 saturated carbocycles. The highest BCUT2D eigenvalue weighted by molar-refractivity contribution is 6.39. The Kier molecular flexibility index (Phi) is 6.95. The summed E-state index contributed by atoms with van der Waals surface area (Å²) in [4.78, 5) is 27.4. The molecule has 2 amide bonds. The average Bonchev–Trinajstić information content (AvgIpc) is 2.70. The lowest BCUT2D eigenvalue weighted by Gasteiger charge is -2.33. The van der Waals surface area contributed by atoms with Crippen molar-refractivity contribution in [3.05, 3.63) is 65.5 Å². The fourth-order valence-corrected chi connectivity index (χ4v) is 3.67. The van der Waals surface area contributed by atoms with Gasteiger partial charge in [0, 0.05) is 11.3 Å². The Balaban J connectivity index is 1.64. The average molecular weight is 400 g/mol. The predicted octanol–water partition coefficient (Wildman–Crippen LogP) is -0.657. The monoisotopic (exact) mass is 400 g/mol. The number of hydrogen-bond acceptors (Lipinski definition) is 2. The first-order valence-corrected chi connectivity index (χ1v) is 9.99. The van der Waals surface area contributed by atoms with E-state index in [1.165, 1.54) is 33.6 Å². The first-order valence-electron chi connectivity index (χ1n) is 9.99. The number of carbonyl (C=O) groups excluding carboxylic acids is 2. The van der Waals surface area contributed by atoms with Crippen LogP contribution in [0.25, 0.3) is 0 Å². The number of nitrogens with one attached hydrogen (secondary N) is 4. The van der Waals surface area contributed by atoms with E-state index in [9.17, 15) is 14.0 Å². The van der Waals surface area contributed by atoms with Gasteiger partial charge >= 0.3 is 11.8 Å². The molecule has 1 saturated heterocycles. The maximum Gasteiger partial charge on any atom is 0.313 e. The van der Waals surface area contributed by atoms with Crippen molar-refractivity contribution in [1.29, 1.82) is 0 Å². The van der Waals surface area contributed by atoms with E-state index in [1.807, 2.05) is 6.92 Å². The van der Waals surface area contributed by atoms with Crippen LogP contribution in [0.1, 0.15) is 17.2 Å². The minimum atomic E-state index is -0.795. The molecular formula is C22H29FN4O2+2. The summed E-state index contributed by atoms with van der Waals surface area (Å²) in [6, 6.07) is 13.9. The Morgan fingerprint density at radius 1 is 1.03 bits per heavy atom. The second-order valence-electron chi connectivity index (χ2n) is 7.75. The molecule has 0 aromatic heterocycles. The molecule has 0 unspecified atom stereocenters. The lowest BCUT2D eigenvalue weighted by atomic mass is 10.0. The molecule has 1 aliphatic heterocycles. The molecule has 3 rings (SSSR count). The lowest BCUT2D eigenvalue weighted by molar-refractivity contribution is -1.02. The molecule has 29 heavy (non-hydrogen) atoms. The highest BCUT2D eigenvalue weighted by Crippen LogP contribution is 2.11. The van der Waals surface area contributed by atoms with Crippen LogP contribution in [-0.2, 0) is 9.59 Å². The van der Waals surface area contributed by atoms with Gasteiger partial charge in [0.05, 0.1) is 13.6 Å². The van der Waals surface area contributed by atoms with Gasteiger partial charge in [0.25, 0.3) is 0 Å². The van der Waals surface area contributed by atoms with Gasteiger partial charge in [-0.15, -0.1) is 0 Å². The zero-order chi connectivity index (χ0) is 20.8. The van der Waals surface area contributed by atoms with Crippen molar-refractivity contribution in [1.82, 2.24) is 5.32 Å². The first-order chi connectivity index (χ1) is 13.9. The molecule has 1 fully saturated rings. The molecule has 154 valence electrons. The van der Waals surface area contributed by atoms with E-state index in [1.54, 1.807) is 6.07 Å². The van der Waals surface area contributed by atoms with Crippen molar-refractivity contribution in [3.63, 3.8) is 0 Å². The van der Waals surface area contributed by atoms with Crippen LogP contribution in [0.2, 0.25) is 0 Å². The van der Waals surface area contributed by atoms with Crippen LogP contribution in [0.4, 0.5) is 10.1 Å². The second-order valence-corrected chi connectivity index (χ2v) is 7.75. The normalized spacial score (nSPS) is 20.0. The van der Waals surface area contributed by atoms with E-state index in [4.69, 9.17) is 0 Å². The zero-order valence-corrected chi connectivity index (χ0v) is 16.9. The molecule has 0 aliphatic carbocycles.